The highest BCUT2D eigenvalue weighted by atomic mass is 16.6. The second-order valence-corrected chi connectivity index (χ2v) is 7.60. The zero-order valence-electron chi connectivity index (χ0n) is 17.0. The zero-order chi connectivity index (χ0) is 20.1. The van der Waals surface area contributed by atoms with E-state index in [-0.39, 0.29) is 6.09 Å². The molecular weight excluding hydrogens is 366 g/mol. The van der Waals surface area contributed by atoms with Crippen LogP contribution >= 0.6 is 0 Å². The molecule has 1 aromatic heterocycles. The first-order chi connectivity index (χ1) is 14.2. The third kappa shape index (κ3) is 4.78. The fraction of sp³-hybridized carbons (Fsp3) is 0.500. The van der Waals surface area contributed by atoms with Crippen molar-refractivity contribution in [1.82, 2.24) is 14.9 Å². The number of hydrogen-bond donors (Lipinski definition) is 1. The van der Waals surface area contributed by atoms with Gasteiger partial charge in [-0.05, 0) is 19.8 Å². The maximum absolute atomic E-state index is 12.0. The van der Waals surface area contributed by atoms with Gasteiger partial charge in [-0.15, -0.1) is 0 Å². The number of ether oxygens (including phenoxy) is 1. The van der Waals surface area contributed by atoms with E-state index in [0.717, 1.165) is 23.0 Å². The van der Waals surface area contributed by atoms with Crippen molar-refractivity contribution in [3.05, 3.63) is 36.4 Å². The summed E-state index contributed by atoms with van der Waals surface area (Å²) in [4.78, 5) is 25.5. The second kappa shape index (κ2) is 9.11. The van der Waals surface area contributed by atoms with Gasteiger partial charge in [0.15, 0.2) is 0 Å². The topological polar surface area (TPSA) is 70.6 Å². The van der Waals surface area contributed by atoms with Crippen LogP contribution in [0.25, 0.3) is 11.3 Å². The minimum Gasteiger partial charge on any atom is -0.450 e. The first-order valence-electron chi connectivity index (χ1n) is 10.6. The minimum absolute atomic E-state index is 0.241. The van der Waals surface area contributed by atoms with Crippen LogP contribution in [-0.2, 0) is 4.74 Å². The zero-order valence-corrected chi connectivity index (χ0v) is 17.0. The lowest BCUT2D eigenvalue weighted by Gasteiger charge is -2.34. The van der Waals surface area contributed by atoms with Gasteiger partial charge in [-0.25, -0.2) is 9.78 Å². The van der Waals surface area contributed by atoms with Crippen molar-refractivity contribution in [3.63, 3.8) is 0 Å². The van der Waals surface area contributed by atoms with E-state index in [9.17, 15) is 4.79 Å². The average molecular weight is 396 g/mol. The standard InChI is InChI=1S/C22H29N5O2/c1-2-29-22(28)27-14-12-26(13-15-27)21-24-19(17-8-4-3-5-9-17)16-20(25-21)23-18-10-6-7-11-18/h3-5,8-9,16,18H,2,6-7,10-15H2,1H3,(H,23,24,25). The van der Waals surface area contributed by atoms with Crippen molar-refractivity contribution in [3.8, 4) is 11.3 Å². The molecule has 7 nitrogen and oxygen atoms in total. The van der Waals surface area contributed by atoms with Gasteiger partial charge in [-0.1, -0.05) is 43.2 Å². The summed E-state index contributed by atoms with van der Waals surface area (Å²) in [5.41, 5.74) is 2.00. The molecule has 7 heteroatoms. The molecular formula is C22H29N5O2. The Morgan fingerprint density at radius 2 is 1.83 bits per heavy atom. The van der Waals surface area contributed by atoms with E-state index in [4.69, 9.17) is 14.7 Å². The van der Waals surface area contributed by atoms with Crippen molar-refractivity contribution in [2.45, 2.75) is 38.6 Å². The molecule has 1 amide bonds. The summed E-state index contributed by atoms with van der Waals surface area (Å²) < 4.78 is 5.12. The van der Waals surface area contributed by atoms with Gasteiger partial charge in [0, 0.05) is 43.9 Å². The largest absolute Gasteiger partial charge is 0.450 e. The number of rotatable bonds is 5. The second-order valence-electron chi connectivity index (χ2n) is 7.60. The van der Waals surface area contributed by atoms with Crippen LogP contribution in [0, 0.1) is 0 Å². The van der Waals surface area contributed by atoms with Gasteiger partial charge in [0.1, 0.15) is 5.82 Å². The number of nitrogens with zero attached hydrogens (tertiary/aromatic N) is 4. The molecule has 2 aromatic rings. The fourth-order valence-corrected chi connectivity index (χ4v) is 3.99. The van der Waals surface area contributed by atoms with E-state index < -0.39 is 0 Å². The Labute approximate surface area is 172 Å². The number of nitrogens with one attached hydrogen (secondary N) is 1. The van der Waals surface area contributed by atoms with Crippen LogP contribution in [0.15, 0.2) is 36.4 Å². The van der Waals surface area contributed by atoms with E-state index in [1.807, 2.05) is 31.2 Å². The quantitative estimate of drug-likeness (QED) is 0.831. The first kappa shape index (κ1) is 19.5. The smallest absolute Gasteiger partial charge is 0.409 e. The van der Waals surface area contributed by atoms with E-state index in [1.165, 1.54) is 25.7 Å². The van der Waals surface area contributed by atoms with Crippen LogP contribution < -0.4 is 10.2 Å². The summed E-state index contributed by atoms with van der Waals surface area (Å²) in [5.74, 6) is 1.60. The summed E-state index contributed by atoms with van der Waals surface area (Å²) in [5, 5.41) is 3.61. The van der Waals surface area contributed by atoms with Crippen LogP contribution in [0.5, 0.6) is 0 Å². The van der Waals surface area contributed by atoms with Gasteiger partial charge in [-0.2, -0.15) is 4.98 Å². The van der Waals surface area contributed by atoms with E-state index >= 15 is 0 Å². The molecule has 0 bridgehead atoms. The van der Waals surface area contributed by atoms with Crippen LogP contribution in [0.2, 0.25) is 0 Å². The number of piperazine rings is 1. The van der Waals surface area contributed by atoms with Gasteiger partial charge in [-0.3, -0.25) is 0 Å². The number of benzene rings is 1. The Morgan fingerprint density at radius 1 is 1.10 bits per heavy atom. The lowest BCUT2D eigenvalue weighted by atomic mass is 10.1. The number of aromatic nitrogens is 2. The molecule has 2 aliphatic rings. The molecule has 4 rings (SSSR count). The van der Waals surface area contributed by atoms with Crippen LogP contribution in [0.1, 0.15) is 32.6 Å². The molecule has 1 N–H and O–H groups in total. The summed E-state index contributed by atoms with van der Waals surface area (Å²) >= 11 is 0. The number of carbonyl (C=O) groups is 1. The molecule has 0 spiro atoms. The molecule has 1 aliphatic heterocycles. The van der Waals surface area contributed by atoms with Crippen molar-refractivity contribution < 1.29 is 9.53 Å². The van der Waals surface area contributed by atoms with Crippen molar-refractivity contribution in [2.75, 3.05) is 43.0 Å². The third-order valence-corrected chi connectivity index (χ3v) is 5.58. The lowest BCUT2D eigenvalue weighted by Crippen LogP contribution is -2.49. The molecule has 0 radical (unpaired) electrons. The maximum atomic E-state index is 12.0. The normalized spacial score (nSPS) is 17.4. The Kier molecular flexibility index (Phi) is 6.12. The van der Waals surface area contributed by atoms with Gasteiger partial charge in [0.2, 0.25) is 5.95 Å². The number of amides is 1. The molecule has 1 aliphatic carbocycles. The summed E-state index contributed by atoms with van der Waals surface area (Å²) in [6.07, 6.45) is 4.69. The Morgan fingerprint density at radius 3 is 2.52 bits per heavy atom. The number of hydrogen-bond acceptors (Lipinski definition) is 6. The molecule has 1 saturated carbocycles. The Balaban J connectivity index is 1.54. The van der Waals surface area contributed by atoms with E-state index in [0.29, 0.717) is 38.8 Å². The molecule has 2 fully saturated rings. The van der Waals surface area contributed by atoms with Gasteiger partial charge < -0.3 is 19.9 Å². The molecule has 29 heavy (non-hydrogen) atoms. The van der Waals surface area contributed by atoms with E-state index in [2.05, 4.69) is 22.3 Å². The highest BCUT2D eigenvalue weighted by Crippen LogP contribution is 2.27. The van der Waals surface area contributed by atoms with Crippen LogP contribution in [-0.4, -0.2) is 59.8 Å². The molecule has 154 valence electrons. The third-order valence-electron chi connectivity index (χ3n) is 5.58. The first-order valence-corrected chi connectivity index (χ1v) is 10.6. The molecule has 2 heterocycles. The fourth-order valence-electron chi connectivity index (χ4n) is 3.99. The minimum atomic E-state index is -0.241. The molecule has 1 aromatic carbocycles. The summed E-state index contributed by atoms with van der Waals surface area (Å²) in [6, 6.07) is 12.7. The van der Waals surface area contributed by atoms with Crippen LogP contribution in [0.4, 0.5) is 16.6 Å². The van der Waals surface area contributed by atoms with Crippen molar-refractivity contribution >= 4 is 17.9 Å². The molecule has 0 atom stereocenters. The molecule has 0 unspecified atom stereocenters. The number of carbonyl (C=O) groups excluding carboxylic acids is 1. The van der Waals surface area contributed by atoms with Crippen LogP contribution in [0.3, 0.4) is 0 Å². The number of anilines is 2. The van der Waals surface area contributed by atoms with Gasteiger partial charge in [0.25, 0.3) is 0 Å². The summed E-state index contributed by atoms with van der Waals surface area (Å²) in [6.45, 7) is 4.85. The highest BCUT2D eigenvalue weighted by molar-refractivity contribution is 5.68. The maximum Gasteiger partial charge on any atom is 0.409 e. The average Bonchev–Trinajstić information content (AvgIpc) is 3.27. The predicted octanol–water partition coefficient (Wildman–Crippen LogP) is 3.78. The predicted molar refractivity (Wildman–Crippen MR) is 114 cm³/mol. The van der Waals surface area contributed by atoms with Crippen molar-refractivity contribution in [1.29, 1.82) is 0 Å². The van der Waals surface area contributed by atoms with Crippen molar-refractivity contribution in [2.24, 2.45) is 0 Å². The SMILES string of the molecule is CCOC(=O)N1CCN(c2nc(NC3CCCC3)cc(-c3ccccc3)n2)CC1. The highest BCUT2D eigenvalue weighted by Gasteiger charge is 2.24. The Hall–Kier alpha value is -2.83. The lowest BCUT2D eigenvalue weighted by molar-refractivity contribution is 0.105. The molecule has 1 saturated heterocycles. The summed E-state index contributed by atoms with van der Waals surface area (Å²) in [7, 11) is 0. The Bertz CT molecular complexity index is 815. The van der Waals surface area contributed by atoms with Gasteiger partial charge >= 0.3 is 6.09 Å². The van der Waals surface area contributed by atoms with E-state index in [1.54, 1.807) is 4.90 Å². The van der Waals surface area contributed by atoms with Gasteiger partial charge in [0.05, 0.1) is 12.3 Å². The monoisotopic (exact) mass is 395 g/mol.